The molecule has 0 spiro atoms. The molecule has 0 unspecified atom stereocenters. The highest BCUT2D eigenvalue weighted by Gasteiger charge is 2.20. The van der Waals surface area contributed by atoms with E-state index in [-0.39, 0.29) is 18.1 Å². The molecule has 6 nitrogen and oxygen atoms in total. The predicted octanol–water partition coefficient (Wildman–Crippen LogP) is 3.63. The third-order valence-corrected chi connectivity index (χ3v) is 5.16. The molecule has 1 fully saturated rings. The van der Waals surface area contributed by atoms with Crippen molar-refractivity contribution in [3.63, 3.8) is 0 Å². The van der Waals surface area contributed by atoms with Crippen LogP contribution in [-0.2, 0) is 11.3 Å². The van der Waals surface area contributed by atoms with Crippen molar-refractivity contribution in [3.05, 3.63) is 54.5 Å². The fourth-order valence-electron chi connectivity index (χ4n) is 3.57. The van der Waals surface area contributed by atoms with E-state index < -0.39 is 0 Å². The summed E-state index contributed by atoms with van der Waals surface area (Å²) in [6.07, 6.45) is 8.26. The molecule has 0 aliphatic heterocycles. The first-order chi connectivity index (χ1) is 13.2. The van der Waals surface area contributed by atoms with E-state index >= 15 is 0 Å². The van der Waals surface area contributed by atoms with Crippen molar-refractivity contribution in [2.24, 2.45) is 0 Å². The third-order valence-electron chi connectivity index (χ3n) is 5.16. The first-order valence-corrected chi connectivity index (χ1v) is 9.52. The highest BCUT2D eigenvalue weighted by Crippen LogP contribution is 2.25. The standard InChI is InChI=1S/C21H24N4O2/c1-15(25-14-24-18-10-4-5-11-19(18)25)20(26)23-13-16-7-6-12-22-21(16)27-17-8-2-3-9-17/h4-7,10-12,14-15,17H,2-3,8-9,13H2,1H3,(H,23,26)/t15-/m0/s1. The highest BCUT2D eigenvalue weighted by molar-refractivity contribution is 5.83. The van der Waals surface area contributed by atoms with Crippen LogP contribution in [0.4, 0.5) is 0 Å². The normalized spacial score (nSPS) is 15.7. The number of para-hydroxylation sites is 2. The van der Waals surface area contributed by atoms with Gasteiger partial charge in [-0.25, -0.2) is 9.97 Å². The van der Waals surface area contributed by atoms with Gasteiger partial charge in [0.2, 0.25) is 11.8 Å². The van der Waals surface area contributed by atoms with Crippen LogP contribution < -0.4 is 10.1 Å². The van der Waals surface area contributed by atoms with Crippen LogP contribution in [0.15, 0.2) is 48.9 Å². The Hall–Kier alpha value is -2.89. The molecular weight excluding hydrogens is 340 g/mol. The first-order valence-electron chi connectivity index (χ1n) is 9.52. The van der Waals surface area contributed by atoms with Gasteiger partial charge >= 0.3 is 0 Å². The molecule has 1 aliphatic rings. The first kappa shape index (κ1) is 17.5. The van der Waals surface area contributed by atoms with Crippen molar-refractivity contribution in [2.45, 2.75) is 51.3 Å². The fourth-order valence-corrected chi connectivity index (χ4v) is 3.57. The number of fused-ring (bicyclic) bond motifs is 1. The Bertz CT molecular complexity index is 931. The predicted molar refractivity (Wildman–Crippen MR) is 103 cm³/mol. The number of pyridine rings is 1. The van der Waals surface area contributed by atoms with Gasteiger partial charge in [0.1, 0.15) is 12.1 Å². The summed E-state index contributed by atoms with van der Waals surface area (Å²) in [5.41, 5.74) is 2.74. The zero-order chi connectivity index (χ0) is 18.6. The van der Waals surface area contributed by atoms with Crippen molar-refractivity contribution >= 4 is 16.9 Å². The van der Waals surface area contributed by atoms with Crippen LogP contribution in [0, 0.1) is 0 Å². The molecule has 1 saturated carbocycles. The van der Waals surface area contributed by atoms with Gasteiger partial charge in [0.05, 0.1) is 17.4 Å². The number of ether oxygens (including phenoxy) is 1. The van der Waals surface area contributed by atoms with E-state index in [9.17, 15) is 4.79 Å². The molecule has 0 radical (unpaired) electrons. The van der Waals surface area contributed by atoms with Gasteiger partial charge in [-0.1, -0.05) is 18.2 Å². The number of carbonyl (C=O) groups is 1. The minimum absolute atomic E-state index is 0.0613. The summed E-state index contributed by atoms with van der Waals surface area (Å²) in [7, 11) is 0. The molecule has 6 heteroatoms. The molecule has 2 aromatic heterocycles. The van der Waals surface area contributed by atoms with Crippen LogP contribution in [-0.4, -0.2) is 26.5 Å². The van der Waals surface area contributed by atoms with Gasteiger partial charge in [0, 0.05) is 18.3 Å². The Labute approximate surface area is 158 Å². The second-order valence-corrected chi connectivity index (χ2v) is 7.03. The van der Waals surface area contributed by atoms with E-state index in [1.165, 1.54) is 12.8 Å². The second kappa shape index (κ2) is 7.78. The molecule has 1 aliphatic carbocycles. The maximum absolute atomic E-state index is 12.7. The van der Waals surface area contributed by atoms with Gasteiger partial charge in [0.25, 0.3) is 0 Å². The topological polar surface area (TPSA) is 69.0 Å². The van der Waals surface area contributed by atoms with Gasteiger partial charge in [-0.15, -0.1) is 0 Å². The largest absolute Gasteiger partial charge is 0.474 e. The summed E-state index contributed by atoms with van der Waals surface area (Å²) in [4.78, 5) is 21.4. The van der Waals surface area contributed by atoms with Gasteiger partial charge in [-0.2, -0.15) is 0 Å². The van der Waals surface area contributed by atoms with Crippen LogP contribution >= 0.6 is 0 Å². The molecule has 4 rings (SSSR count). The molecule has 1 atom stereocenters. The smallest absolute Gasteiger partial charge is 0.243 e. The number of nitrogens with zero attached hydrogens (tertiary/aromatic N) is 3. The highest BCUT2D eigenvalue weighted by atomic mass is 16.5. The fraction of sp³-hybridized carbons (Fsp3) is 0.381. The van der Waals surface area contributed by atoms with E-state index in [0.29, 0.717) is 12.4 Å². The Morgan fingerprint density at radius 1 is 1.22 bits per heavy atom. The molecule has 140 valence electrons. The average Bonchev–Trinajstić information content (AvgIpc) is 3.36. The molecule has 1 amide bonds. The number of nitrogens with one attached hydrogen (secondary N) is 1. The van der Waals surface area contributed by atoms with Gasteiger partial charge in [0.15, 0.2) is 0 Å². The maximum Gasteiger partial charge on any atom is 0.243 e. The maximum atomic E-state index is 12.7. The van der Waals surface area contributed by atoms with E-state index in [1.807, 2.05) is 47.9 Å². The Kier molecular flexibility index (Phi) is 5.05. The molecular formula is C21H24N4O2. The molecule has 3 aromatic rings. The van der Waals surface area contributed by atoms with Crippen LogP contribution in [0.3, 0.4) is 0 Å². The van der Waals surface area contributed by atoms with Crippen LogP contribution in [0.2, 0.25) is 0 Å². The lowest BCUT2D eigenvalue weighted by atomic mass is 10.2. The van der Waals surface area contributed by atoms with Crippen molar-refractivity contribution in [1.29, 1.82) is 0 Å². The van der Waals surface area contributed by atoms with E-state index in [1.54, 1.807) is 12.5 Å². The zero-order valence-electron chi connectivity index (χ0n) is 15.5. The molecule has 2 heterocycles. The van der Waals surface area contributed by atoms with Crippen molar-refractivity contribution in [1.82, 2.24) is 19.9 Å². The lowest BCUT2D eigenvalue weighted by Gasteiger charge is -2.17. The van der Waals surface area contributed by atoms with Gasteiger partial charge < -0.3 is 14.6 Å². The van der Waals surface area contributed by atoms with E-state index in [0.717, 1.165) is 29.4 Å². The van der Waals surface area contributed by atoms with E-state index in [4.69, 9.17) is 4.74 Å². The number of aromatic nitrogens is 3. The molecule has 1 aromatic carbocycles. The number of rotatable bonds is 6. The number of carbonyl (C=O) groups excluding carboxylic acids is 1. The number of imidazole rings is 1. The molecule has 1 N–H and O–H groups in total. The Morgan fingerprint density at radius 2 is 2.04 bits per heavy atom. The molecule has 27 heavy (non-hydrogen) atoms. The van der Waals surface area contributed by atoms with Crippen LogP contribution in [0.25, 0.3) is 11.0 Å². The Balaban J connectivity index is 1.43. The van der Waals surface area contributed by atoms with Gasteiger partial charge in [-0.05, 0) is 50.8 Å². The minimum Gasteiger partial charge on any atom is -0.474 e. The minimum atomic E-state index is -0.353. The number of hydrogen-bond donors (Lipinski definition) is 1. The molecule has 0 bridgehead atoms. The quantitative estimate of drug-likeness (QED) is 0.725. The number of hydrogen-bond acceptors (Lipinski definition) is 4. The summed E-state index contributed by atoms with van der Waals surface area (Å²) in [6.45, 7) is 2.27. The summed E-state index contributed by atoms with van der Waals surface area (Å²) < 4.78 is 7.94. The number of benzene rings is 1. The van der Waals surface area contributed by atoms with Crippen LogP contribution in [0.1, 0.15) is 44.2 Å². The van der Waals surface area contributed by atoms with E-state index in [2.05, 4.69) is 15.3 Å². The van der Waals surface area contributed by atoms with Crippen molar-refractivity contribution in [3.8, 4) is 5.88 Å². The summed E-state index contributed by atoms with van der Waals surface area (Å²) in [5.74, 6) is 0.569. The third kappa shape index (κ3) is 3.79. The number of amides is 1. The SMILES string of the molecule is C[C@@H](C(=O)NCc1cccnc1OC1CCCC1)n1cnc2ccccc21. The summed E-state index contributed by atoms with van der Waals surface area (Å²) in [5, 5.41) is 3.01. The Morgan fingerprint density at radius 3 is 2.89 bits per heavy atom. The lowest BCUT2D eigenvalue weighted by Crippen LogP contribution is -2.30. The average molecular weight is 364 g/mol. The monoisotopic (exact) mass is 364 g/mol. The van der Waals surface area contributed by atoms with Crippen LogP contribution in [0.5, 0.6) is 5.88 Å². The zero-order valence-corrected chi connectivity index (χ0v) is 15.5. The van der Waals surface area contributed by atoms with Crippen molar-refractivity contribution < 1.29 is 9.53 Å². The van der Waals surface area contributed by atoms with Crippen molar-refractivity contribution in [2.75, 3.05) is 0 Å². The van der Waals surface area contributed by atoms with Gasteiger partial charge in [-0.3, -0.25) is 4.79 Å². The summed E-state index contributed by atoms with van der Waals surface area (Å²) >= 11 is 0. The molecule has 0 saturated heterocycles. The summed E-state index contributed by atoms with van der Waals surface area (Å²) in [6, 6.07) is 11.3. The second-order valence-electron chi connectivity index (χ2n) is 7.03. The lowest BCUT2D eigenvalue weighted by molar-refractivity contribution is -0.123.